The Labute approximate surface area is 124 Å². The Hall–Kier alpha value is -1.51. The number of methoxy groups -OCH3 is 1. The molecule has 3 rings (SSSR count). The van der Waals surface area contributed by atoms with Gasteiger partial charge >= 0.3 is 0 Å². The molecule has 2 aromatic rings. The summed E-state index contributed by atoms with van der Waals surface area (Å²) in [6.45, 7) is 0. The fourth-order valence-electron chi connectivity index (χ4n) is 2.94. The van der Waals surface area contributed by atoms with Crippen molar-refractivity contribution in [2.45, 2.75) is 24.9 Å². The van der Waals surface area contributed by atoms with Gasteiger partial charge in [-0.2, -0.15) is 0 Å². The van der Waals surface area contributed by atoms with Crippen LogP contribution >= 0.6 is 11.6 Å². The van der Waals surface area contributed by atoms with E-state index >= 15 is 0 Å². The predicted octanol–water partition coefficient (Wildman–Crippen LogP) is 4.11. The standard InChI is InChI=1S/C17H17ClO2/c1-20-17-7-6-13(18)10-15(17)16(19)9-12-8-11-4-2-3-5-14(11)12/h2-7,10,12,16,19H,8-9H2,1H3. The molecule has 2 nitrogen and oxygen atoms in total. The lowest BCUT2D eigenvalue weighted by Gasteiger charge is -2.32. The van der Waals surface area contributed by atoms with Crippen molar-refractivity contribution in [2.75, 3.05) is 7.11 Å². The third-order valence-corrected chi connectivity index (χ3v) is 4.25. The number of halogens is 1. The molecular formula is C17H17ClO2. The highest BCUT2D eigenvalue weighted by atomic mass is 35.5. The largest absolute Gasteiger partial charge is 0.496 e. The smallest absolute Gasteiger partial charge is 0.124 e. The molecule has 0 aliphatic heterocycles. The molecule has 20 heavy (non-hydrogen) atoms. The first-order chi connectivity index (χ1) is 9.69. The minimum atomic E-state index is -0.554. The molecule has 2 unspecified atom stereocenters. The molecule has 0 aromatic heterocycles. The van der Waals surface area contributed by atoms with E-state index in [4.69, 9.17) is 16.3 Å². The van der Waals surface area contributed by atoms with Crippen LogP contribution in [0.5, 0.6) is 5.75 Å². The Kier molecular flexibility index (Phi) is 3.68. The molecule has 1 aliphatic carbocycles. The van der Waals surface area contributed by atoms with E-state index in [2.05, 4.69) is 24.3 Å². The van der Waals surface area contributed by atoms with Gasteiger partial charge in [-0.05, 0) is 48.1 Å². The lowest BCUT2D eigenvalue weighted by Crippen LogP contribution is -2.19. The van der Waals surface area contributed by atoms with Gasteiger partial charge in [0.25, 0.3) is 0 Å². The van der Waals surface area contributed by atoms with Crippen LogP contribution in [-0.2, 0) is 6.42 Å². The van der Waals surface area contributed by atoms with Crippen molar-refractivity contribution >= 4 is 11.6 Å². The molecule has 0 amide bonds. The fourth-order valence-corrected chi connectivity index (χ4v) is 3.12. The molecule has 0 radical (unpaired) electrons. The van der Waals surface area contributed by atoms with Gasteiger partial charge in [-0.3, -0.25) is 0 Å². The van der Waals surface area contributed by atoms with E-state index in [-0.39, 0.29) is 0 Å². The number of ether oxygens (including phenoxy) is 1. The van der Waals surface area contributed by atoms with Gasteiger partial charge in [-0.1, -0.05) is 35.9 Å². The summed E-state index contributed by atoms with van der Waals surface area (Å²) in [6, 6.07) is 13.8. The van der Waals surface area contributed by atoms with Crippen LogP contribution in [0.1, 0.15) is 35.1 Å². The topological polar surface area (TPSA) is 29.5 Å². The minimum absolute atomic E-state index is 0.421. The van der Waals surface area contributed by atoms with Crippen LogP contribution in [-0.4, -0.2) is 12.2 Å². The molecule has 0 spiro atoms. The van der Waals surface area contributed by atoms with Crippen LogP contribution in [0, 0.1) is 0 Å². The maximum atomic E-state index is 10.5. The second-order valence-corrected chi connectivity index (χ2v) is 5.67. The van der Waals surface area contributed by atoms with Gasteiger partial charge in [0.1, 0.15) is 5.75 Å². The zero-order valence-corrected chi connectivity index (χ0v) is 12.1. The molecule has 0 heterocycles. The van der Waals surface area contributed by atoms with Gasteiger partial charge in [0, 0.05) is 10.6 Å². The lowest BCUT2D eigenvalue weighted by molar-refractivity contribution is 0.150. The minimum Gasteiger partial charge on any atom is -0.496 e. The first-order valence-corrected chi connectivity index (χ1v) is 7.16. The molecule has 104 valence electrons. The number of benzene rings is 2. The molecule has 2 aromatic carbocycles. The number of aliphatic hydroxyl groups excluding tert-OH is 1. The number of hydrogen-bond donors (Lipinski definition) is 1. The van der Waals surface area contributed by atoms with Crippen molar-refractivity contribution in [3.8, 4) is 5.75 Å². The van der Waals surface area contributed by atoms with Gasteiger partial charge in [0.2, 0.25) is 0 Å². The molecule has 0 saturated heterocycles. The summed E-state index contributed by atoms with van der Waals surface area (Å²) in [5.74, 6) is 1.11. The average molecular weight is 289 g/mol. The fraction of sp³-hybridized carbons (Fsp3) is 0.294. The second-order valence-electron chi connectivity index (χ2n) is 5.24. The van der Waals surface area contributed by atoms with Gasteiger partial charge in [-0.15, -0.1) is 0 Å². The highest BCUT2D eigenvalue weighted by Crippen LogP contribution is 2.42. The molecule has 2 atom stereocenters. The van der Waals surface area contributed by atoms with Crippen molar-refractivity contribution in [1.29, 1.82) is 0 Å². The van der Waals surface area contributed by atoms with Crippen LogP contribution in [0.3, 0.4) is 0 Å². The van der Waals surface area contributed by atoms with Crippen LogP contribution in [0.2, 0.25) is 5.02 Å². The summed E-state index contributed by atoms with van der Waals surface area (Å²) in [7, 11) is 1.61. The summed E-state index contributed by atoms with van der Waals surface area (Å²) in [6.07, 6.45) is 1.19. The molecular weight excluding hydrogens is 272 g/mol. The summed E-state index contributed by atoms with van der Waals surface area (Å²) in [5, 5.41) is 11.1. The number of rotatable bonds is 4. The maximum absolute atomic E-state index is 10.5. The molecule has 3 heteroatoms. The third-order valence-electron chi connectivity index (χ3n) is 4.02. The van der Waals surface area contributed by atoms with E-state index in [1.807, 2.05) is 0 Å². The van der Waals surface area contributed by atoms with Crippen molar-refractivity contribution in [1.82, 2.24) is 0 Å². The number of hydrogen-bond acceptors (Lipinski definition) is 2. The Bertz CT molecular complexity index is 624. The summed E-state index contributed by atoms with van der Waals surface area (Å²) < 4.78 is 5.31. The van der Waals surface area contributed by atoms with Crippen molar-refractivity contribution in [2.24, 2.45) is 0 Å². The average Bonchev–Trinajstić information content (AvgIpc) is 2.44. The van der Waals surface area contributed by atoms with Crippen LogP contribution in [0.15, 0.2) is 42.5 Å². The second kappa shape index (κ2) is 5.47. The number of fused-ring (bicyclic) bond motifs is 1. The van der Waals surface area contributed by atoms with Crippen LogP contribution in [0.4, 0.5) is 0 Å². The van der Waals surface area contributed by atoms with Gasteiger partial charge in [-0.25, -0.2) is 0 Å². The molecule has 0 bridgehead atoms. The van der Waals surface area contributed by atoms with Gasteiger partial charge in [0.05, 0.1) is 13.2 Å². The first kappa shape index (κ1) is 13.5. The predicted molar refractivity (Wildman–Crippen MR) is 80.5 cm³/mol. The highest BCUT2D eigenvalue weighted by Gasteiger charge is 2.28. The van der Waals surface area contributed by atoms with Crippen LogP contribution < -0.4 is 4.74 Å². The molecule has 0 saturated carbocycles. The monoisotopic (exact) mass is 288 g/mol. The van der Waals surface area contributed by atoms with Gasteiger partial charge < -0.3 is 9.84 Å². The number of aliphatic hydroxyl groups is 1. The molecule has 1 N–H and O–H groups in total. The summed E-state index contributed by atoms with van der Waals surface area (Å²) in [5.41, 5.74) is 3.51. The Morgan fingerprint density at radius 2 is 2.10 bits per heavy atom. The highest BCUT2D eigenvalue weighted by molar-refractivity contribution is 6.30. The van der Waals surface area contributed by atoms with E-state index in [9.17, 15) is 5.11 Å². The van der Waals surface area contributed by atoms with Gasteiger partial charge in [0.15, 0.2) is 0 Å². The zero-order chi connectivity index (χ0) is 14.1. The van der Waals surface area contributed by atoms with E-state index in [0.717, 1.165) is 12.0 Å². The Balaban J connectivity index is 1.78. The van der Waals surface area contributed by atoms with Crippen molar-refractivity contribution in [3.05, 3.63) is 64.2 Å². The Morgan fingerprint density at radius 1 is 1.30 bits per heavy atom. The summed E-state index contributed by atoms with van der Waals surface area (Å²) in [4.78, 5) is 0. The zero-order valence-electron chi connectivity index (χ0n) is 11.3. The van der Waals surface area contributed by atoms with E-state index in [0.29, 0.717) is 23.1 Å². The Morgan fingerprint density at radius 3 is 2.85 bits per heavy atom. The normalized spacial score (nSPS) is 18.1. The van der Waals surface area contributed by atoms with Crippen molar-refractivity contribution < 1.29 is 9.84 Å². The third kappa shape index (κ3) is 2.41. The van der Waals surface area contributed by atoms with Crippen molar-refractivity contribution in [3.63, 3.8) is 0 Å². The molecule has 0 fully saturated rings. The lowest BCUT2D eigenvalue weighted by atomic mass is 9.74. The maximum Gasteiger partial charge on any atom is 0.124 e. The quantitative estimate of drug-likeness (QED) is 0.917. The van der Waals surface area contributed by atoms with E-state index in [1.54, 1.807) is 25.3 Å². The van der Waals surface area contributed by atoms with E-state index < -0.39 is 6.10 Å². The first-order valence-electron chi connectivity index (χ1n) is 6.78. The SMILES string of the molecule is COc1ccc(Cl)cc1C(O)CC1Cc2ccccc21. The molecule has 1 aliphatic rings. The van der Waals surface area contributed by atoms with E-state index in [1.165, 1.54) is 11.1 Å². The van der Waals surface area contributed by atoms with Crippen LogP contribution in [0.25, 0.3) is 0 Å². The summed E-state index contributed by atoms with van der Waals surface area (Å²) >= 11 is 6.02.